The molecule has 0 atom stereocenters. The Bertz CT molecular complexity index is 890. The number of aromatic nitrogens is 5. The highest BCUT2D eigenvalue weighted by atomic mass is 32.2. The summed E-state index contributed by atoms with van der Waals surface area (Å²) in [6, 6.07) is 7.71. The summed E-state index contributed by atoms with van der Waals surface area (Å²) in [6.07, 6.45) is 2.63. The molecule has 0 N–H and O–H groups in total. The number of nitrogens with zero attached hydrogens (tertiary/aromatic N) is 6. The second-order valence-electron chi connectivity index (χ2n) is 5.28. The number of hydrogen-bond donors (Lipinski definition) is 0. The number of hydrogen-bond acceptors (Lipinski definition) is 7. The van der Waals surface area contributed by atoms with Crippen LogP contribution in [0.15, 0.2) is 41.8 Å². The van der Waals surface area contributed by atoms with Crippen molar-refractivity contribution in [3.8, 4) is 17.1 Å². The zero-order valence-electron chi connectivity index (χ0n) is 14.4. The fourth-order valence-corrected chi connectivity index (χ4v) is 3.26. The quantitative estimate of drug-likeness (QED) is 0.339. The molecule has 10 heteroatoms. The van der Waals surface area contributed by atoms with Crippen LogP contribution in [-0.4, -0.2) is 36.1 Å². The Morgan fingerprint density at radius 2 is 2.00 bits per heavy atom. The van der Waals surface area contributed by atoms with Gasteiger partial charge in [0.2, 0.25) is 0 Å². The average Bonchev–Trinajstić information content (AvgIpc) is 3.27. The third kappa shape index (κ3) is 3.85. The number of thioether (sulfide) groups is 1. The molecular formula is C16H18N6O3S. The minimum Gasteiger partial charge on any atom is -0.494 e. The fourth-order valence-electron chi connectivity index (χ4n) is 2.40. The lowest BCUT2D eigenvalue weighted by Gasteiger charge is -2.08. The molecule has 0 aliphatic heterocycles. The second-order valence-corrected chi connectivity index (χ2v) is 6.19. The summed E-state index contributed by atoms with van der Waals surface area (Å²) < 4.78 is 8.97. The molecule has 0 aliphatic rings. The molecule has 0 unspecified atom stereocenters. The third-order valence-electron chi connectivity index (χ3n) is 3.61. The molecule has 0 radical (unpaired) electrons. The normalized spacial score (nSPS) is 10.8. The maximum Gasteiger partial charge on any atom is 0.307 e. The van der Waals surface area contributed by atoms with Crippen LogP contribution in [0.1, 0.15) is 13.8 Å². The zero-order chi connectivity index (χ0) is 18.5. The van der Waals surface area contributed by atoms with Crippen molar-refractivity contribution in [2.75, 3.05) is 6.61 Å². The van der Waals surface area contributed by atoms with Crippen molar-refractivity contribution < 1.29 is 9.66 Å². The summed E-state index contributed by atoms with van der Waals surface area (Å²) >= 11 is 1.42. The van der Waals surface area contributed by atoms with Crippen molar-refractivity contribution >= 4 is 17.4 Å². The van der Waals surface area contributed by atoms with Crippen molar-refractivity contribution in [2.24, 2.45) is 0 Å². The van der Waals surface area contributed by atoms with Crippen LogP contribution in [0.5, 0.6) is 5.75 Å². The van der Waals surface area contributed by atoms with Gasteiger partial charge < -0.3 is 9.30 Å². The Morgan fingerprint density at radius 1 is 1.23 bits per heavy atom. The molecule has 3 rings (SSSR count). The van der Waals surface area contributed by atoms with Crippen LogP contribution in [-0.2, 0) is 12.4 Å². The first kappa shape index (κ1) is 17.9. The highest BCUT2D eigenvalue weighted by Gasteiger charge is 2.14. The molecule has 0 amide bonds. The number of rotatable bonds is 8. The highest BCUT2D eigenvalue weighted by Crippen LogP contribution is 2.26. The molecule has 136 valence electrons. The first-order chi connectivity index (χ1) is 12.6. The van der Waals surface area contributed by atoms with Crippen molar-refractivity contribution in [2.45, 2.75) is 31.4 Å². The van der Waals surface area contributed by atoms with Crippen LogP contribution in [0.4, 0.5) is 5.69 Å². The molecule has 2 aromatic heterocycles. The standard InChI is InChI=1S/C16H18N6O3S/c1-3-21-15(12-5-7-14(8-6-12)25-4-2)18-19-16(21)26-11-20-10-13(9-17-20)22(23)24/h5-10H,3-4,11H2,1-2H3. The lowest BCUT2D eigenvalue weighted by atomic mass is 10.2. The summed E-state index contributed by atoms with van der Waals surface area (Å²) in [6.45, 7) is 5.29. The van der Waals surface area contributed by atoms with E-state index >= 15 is 0 Å². The third-order valence-corrected chi connectivity index (χ3v) is 4.57. The van der Waals surface area contributed by atoms with E-state index in [9.17, 15) is 10.1 Å². The summed E-state index contributed by atoms with van der Waals surface area (Å²) in [5, 5.41) is 24.0. The molecule has 2 heterocycles. The van der Waals surface area contributed by atoms with Crippen LogP contribution in [0.3, 0.4) is 0 Å². The average molecular weight is 374 g/mol. The monoisotopic (exact) mass is 374 g/mol. The number of nitro groups is 1. The number of benzene rings is 1. The molecule has 1 aromatic carbocycles. The van der Waals surface area contributed by atoms with Gasteiger partial charge in [-0.2, -0.15) is 5.10 Å². The molecule has 0 bridgehead atoms. The molecule has 0 saturated carbocycles. The van der Waals surface area contributed by atoms with Crippen LogP contribution >= 0.6 is 11.8 Å². The predicted molar refractivity (Wildman–Crippen MR) is 97.0 cm³/mol. The number of ether oxygens (including phenoxy) is 1. The molecule has 0 saturated heterocycles. The molecule has 0 spiro atoms. The SMILES string of the molecule is CCOc1ccc(-c2nnc(SCn3cc([N+](=O)[O-])cn3)n2CC)cc1. The van der Waals surface area contributed by atoms with Crippen LogP contribution in [0.25, 0.3) is 11.4 Å². The van der Waals surface area contributed by atoms with Gasteiger partial charge in [0, 0.05) is 12.1 Å². The lowest BCUT2D eigenvalue weighted by molar-refractivity contribution is -0.385. The van der Waals surface area contributed by atoms with E-state index in [1.54, 1.807) is 0 Å². The predicted octanol–water partition coefficient (Wildman–Crippen LogP) is 3.22. The molecule has 26 heavy (non-hydrogen) atoms. The molecule has 9 nitrogen and oxygen atoms in total. The Hall–Kier alpha value is -2.88. The maximum atomic E-state index is 10.7. The van der Waals surface area contributed by atoms with Crippen LogP contribution in [0.2, 0.25) is 0 Å². The topological polar surface area (TPSA) is 101 Å². The van der Waals surface area contributed by atoms with Gasteiger partial charge in [0.15, 0.2) is 11.0 Å². The van der Waals surface area contributed by atoms with Gasteiger partial charge in [-0.1, -0.05) is 11.8 Å². The van der Waals surface area contributed by atoms with Crippen LogP contribution in [0, 0.1) is 10.1 Å². The van der Waals surface area contributed by atoms with Gasteiger partial charge in [0.05, 0.1) is 17.4 Å². The molecule has 0 aliphatic carbocycles. The summed E-state index contributed by atoms with van der Waals surface area (Å²) in [5.41, 5.74) is 0.919. The van der Waals surface area contributed by atoms with Crippen molar-refractivity contribution in [1.29, 1.82) is 0 Å². The maximum absolute atomic E-state index is 10.7. The van der Waals surface area contributed by atoms with Crippen LogP contribution < -0.4 is 4.74 Å². The lowest BCUT2D eigenvalue weighted by Crippen LogP contribution is -2.02. The van der Waals surface area contributed by atoms with E-state index in [1.165, 1.54) is 28.8 Å². The molecule has 3 aromatic rings. The fraction of sp³-hybridized carbons (Fsp3) is 0.312. The second kappa shape index (κ2) is 8.00. The van der Waals surface area contributed by atoms with E-state index in [4.69, 9.17) is 4.74 Å². The molecule has 0 fully saturated rings. The smallest absolute Gasteiger partial charge is 0.307 e. The zero-order valence-corrected chi connectivity index (χ0v) is 15.2. The van der Waals surface area contributed by atoms with E-state index in [0.29, 0.717) is 19.0 Å². The van der Waals surface area contributed by atoms with E-state index in [1.807, 2.05) is 42.7 Å². The van der Waals surface area contributed by atoms with Gasteiger partial charge in [-0.25, -0.2) is 0 Å². The minimum absolute atomic E-state index is 0.0300. The van der Waals surface area contributed by atoms with Gasteiger partial charge in [-0.15, -0.1) is 10.2 Å². The Kier molecular flexibility index (Phi) is 5.52. The largest absolute Gasteiger partial charge is 0.494 e. The van der Waals surface area contributed by atoms with Crippen molar-refractivity contribution in [1.82, 2.24) is 24.5 Å². The van der Waals surface area contributed by atoms with E-state index in [2.05, 4.69) is 15.3 Å². The Morgan fingerprint density at radius 3 is 2.62 bits per heavy atom. The van der Waals surface area contributed by atoms with Gasteiger partial charge in [0.1, 0.15) is 18.1 Å². The Balaban J connectivity index is 1.75. The first-order valence-corrected chi connectivity index (χ1v) is 9.07. The van der Waals surface area contributed by atoms with Crippen molar-refractivity contribution in [3.63, 3.8) is 0 Å². The summed E-state index contributed by atoms with van der Waals surface area (Å²) in [5.74, 6) is 1.99. The van der Waals surface area contributed by atoms with Gasteiger partial charge in [-0.3, -0.25) is 14.8 Å². The minimum atomic E-state index is -0.466. The summed E-state index contributed by atoms with van der Waals surface area (Å²) in [4.78, 5) is 10.3. The van der Waals surface area contributed by atoms with Gasteiger partial charge in [-0.05, 0) is 38.1 Å². The highest BCUT2D eigenvalue weighted by molar-refractivity contribution is 7.98. The van der Waals surface area contributed by atoms with E-state index < -0.39 is 4.92 Å². The van der Waals surface area contributed by atoms with Gasteiger partial charge >= 0.3 is 5.69 Å². The van der Waals surface area contributed by atoms with E-state index in [-0.39, 0.29) is 5.69 Å². The first-order valence-electron chi connectivity index (χ1n) is 8.08. The van der Waals surface area contributed by atoms with Crippen molar-refractivity contribution in [3.05, 3.63) is 46.8 Å². The summed E-state index contributed by atoms with van der Waals surface area (Å²) in [7, 11) is 0. The van der Waals surface area contributed by atoms with E-state index in [0.717, 1.165) is 22.3 Å². The Labute approximate surface area is 154 Å². The van der Waals surface area contributed by atoms with Gasteiger partial charge in [0.25, 0.3) is 0 Å². The molecular weight excluding hydrogens is 356 g/mol.